The Kier molecular flexibility index (Phi) is 6.34. The lowest BCUT2D eigenvalue weighted by Gasteiger charge is -2.30. The van der Waals surface area contributed by atoms with E-state index in [0.717, 1.165) is 31.5 Å². The number of ether oxygens (including phenoxy) is 1. The number of hydrogen-bond acceptors (Lipinski definition) is 5. The highest BCUT2D eigenvalue weighted by atomic mass is 16.5. The molecule has 0 saturated carbocycles. The number of nitrogens with zero attached hydrogens (tertiary/aromatic N) is 2. The molecule has 2 fully saturated rings. The van der Waals surface area contributed by atoms with Gasteiger partial charge in [0, 0.05) is 37.8 Å². The number of carboxylic acids is 1. The molecule has 1 amide bonds. The molecule has 0 unspecified atom stereocenters. The van der Waals surface area contributed by atoms with E-state index in [9.17, 15) is 14.7 Å². The molecule has 0 aliphatic carbocycles. The second kappa shape index (κ2) is 8.71. The molecule has 0 aromatic heterocycles. The van der Waals surface area contributed by atoms with Crippen molar-refractivity contribution in [3.05, 3.63) is 29.8 Å². The lowest BCUT2D eigenvalue weighted by atomic mass is 9.99. The summed E-state index contributed by atoms with van der Waals surface area (Å²) in [4.78, 5) is 27.6. The van der Waals surface area contributed by atoms with Crippen LogP contribution in [0.3, 0.4) is 0 Å². The van der Waals surface area contributed by atoms with Gasteiger partial charge in [-0.1, -0.05) is 25.1 Å². The van der Waals surface area contributed by atoms with Crippen LogP contribution < -0.4 is 10.5 Å². The molecule has 7 nitrogen and oxygen atoms in total. The Balaban J connectivity index is 1.60. The van der Waals surface area contributed by atoms with Crippen molar-refractivity contribution in [2.45, 2.75) is 44.8 Å². The molecule has 0 radical (unpaired) electrons. The molecule has 1 aromatic rings. The smallest absolute Gasteiger partial charge is 0.320 e. The fourth-order valence-electron chi connectivity index (χ4n) is 3.85. The van der Waals surface area contributed by atoms with Crippen LogP contribution in [-0.2, 0) is 16.1 Å². The third kappa shape index (κ3) is 4.99. The zero-order chi connectivity index (χ0) is 19.4. The quantitative estimate of drug-likeness (QED) is 0.778. The summed E-state index contributed by atoms with van der Waals surface area (Å²) in [6.07, 6.45) is 2.52. The summed E-state index contributed by atoms with van der Waals surface area (Å²) >= 11 is 0. The van der Waals surface area contributed by atoms with E-state index in [4.69, 9.17) is 10.5 Å². The standard InChI is InChI=1S/C20H29N3O4/c1-14-6-8-22(9-7-14)19(24)13-27-18-5-3-2-4-15(18)11-23-12-16(21)10-17(23)20(25)26/h2-5,14,16-17H,6-13,21H2,1H3,(H,25,26)/t16-,17-/m0/s1. The van der Waals surface area contributed by atoms with Crippen molar-refractivity contribution in [3.8, 4) is 5.75 Å². The van der Waals surface area contributed by atoms with Crippen LogP contribution in [-0.4, -0.2) is 65.1 Å². The largest absolute Gasteiger partial charge is 0.483 e. The van der Waals surface area contributed by atoms with Crippen molar-refractivity contribution in [1.29, 1.82) is 0 Å². The van der Waals surface area contributed by atoms with E-state index in [0.29, 0.717) is 31.2 Å². The first-order valence-electron chi connectivity index (χ1n) is 9.65. The van der Waals surface area contributed by atoms with Gasteiger partial charge in [0.05, 0.1) is 0 Å². The predicted molar refractivity (Wildman–Crippen MR) is 101 cm³/mol. The summed E-state index contributed by atoms with van der Waals surface area (Å²) < 4.78 is 5.82. The van der Waals surface area contributed by atoms with Gasteiger partial charge in [-0.3, -0.25) is 14.5 Å². The normalized spacial score (nSPS) is 24.1. The number of carbonyl (C=O) groups is 2. The van der Waals surface area contributed by atoms with Gasteiger partial charge < -0.3 is 20.5 Å². The van der Waals surface area contributed by atoms with E-state index in [1.165, 1.54) is 0 Å². The number of amides is 1. The molecular formula is C20H29N3O4. The summed E-state index contributed by atoms with van der Waals surface area (Å²) in [5.41, 5.74) is 6.82. The maximum atomic E-state index is 12.4. The first-order valence-corrected chi connectivity index (χ1v) is 9.65. The van der Waals surface area contributed by atoms with Gasteiger partial charge in [-0.2, -0.15) is 0 Å². The highest BCUT2D eigenvalue weighted by Crippen LogP contribution is 2.25. The highest BCUT2D eigenvalue weighted by molar-refractivity contribution is 5.78. The van der Waals surface area contributed by atoms with Gasteiger partial charge in [-0.15, -0.1) is 0 Å². The molecule has 2 heterocycles. The van der Waals surface area contributed by atoms with Crippen LogP contribution in [0, 0.1) is 5.92 Å². The van der Waals surface area contributed by atoms with E-state index in [2.05, 4.69) is 6.92 Å². The fraction of sp³-hybridized carbons (Fsp3) is 0.600. The minimum atomic E-state index is -0.851. The maximum absolute atomic E-state index is 12.4. The molecule has 3 N–H and O–H groups in total. The number of benzene rings is 1. The molecule has 148 valence electrons. The van der Waals surface area contributed by atoms with Crippen LogP contribution >= 0.6 is 0 Å². The number of rotatable bonds is 6. The van der Waals surface area contributed by atoms with Crippen molar-refractivity contribution in [3.63, 3.8) is 0 Å². The number of aliphatic carboxylic acids is 1. The van der Waals surface area contributed by atoms with Gasteiger partial charge >= 0.3 is 5.97 Å². The Labute approximate surface area is 160 Å². The minimum Gasteiger partial charge on any atom is -0.483 e. The van der Waals surface area contributed by atoms with Crippen molar-refractivity contribution >= 4 is 11.9 Å². The summed E-state index contributed by atoms with van der Waals surface area (Å²) in [7, 11) is 0. The van der Waals surface area contributed by atoms with Gasteiger partial charge in [0.15, 0.2) is 6.61 Å². The van der Waals surface area contributed by atoms with Crippen molar-refractivity contribution in [2.75, 3.05) is 26.2 Å². The third-order valence-corrected chi connectivity index (χ3v) is 5.55. The molecule has 2 aliphatic heterocycles. The van der Waals surface area contributed by atoms with Gasteiger partial charge in [0.2, 0.25) is 0 Å². The van der Waals surface area contributed by atoms with Crippen molar-refractivity contribution < 1.29 is 19.4 Å². The first kappa shape index (κ1) is 19.6. The SMILES string of the molecule is CC1CCN(C(=O)COc2ccccc2CN2C[C@@H](N)C[C@H]2C(=O)O)CC1. The van der Waals surface area contributed by atoms with E-state index in [-0.39, 0.29) is 18.6 Å². The minimum absolute atomic E-state index is 0.00307. The Bertz CT molecular complexity index is 673. The van der Waals surface area contributed by atoms with Crippen LogP contribution in [0.4, 0.5) is 0 Å². The molecule has 0 spiro atoms. The molecule has 2 aliphatic rings. The number of carboxylic acid groups (broad SMARTS) is 1. The molecule has 2 atom stereocenters. The number of piperidine rings is 1. The summed E-state index contributed by atoms with van der Waals surface area (Å²) in [6, 6.07) is 6.77. The number of likely N-dealkylation sites (tertiary alicyclic amines) is 2. The van der Waals surface area contributed by atoms with Crippen LogP contribution in [0.15, 0.2) is 24.3 Å². The van der Waals surface area contributed by atoms with E-state index < -0.39 is 12.0 Å². The van der Waals surface area contributed by atoms with Gasteiger partial charge in [0.1, 0.15) is 11.8 Å². The molecule has 3 rings (SSSR count). The Morgan fingerprint density at radius 2 is 1.96 bits per heavy atom. The van der Waals surface area contributed by atoms with Crippen LogP contribution in [0.1, 0.15) is 31.7 Å². The first-order chi connectivity index (χ1) is 12.9. The number of nitrogens with two attached hydrogens (primary N) is 1. The van der Waals surface area contributed by atoms with Crippen molar-refractivity contribution in [2.24, 2.45) is 11.7 Å². The zero-order valence-electron chi connectivity index (χ0n) is 15.8. The molecule has 2 saturated heterocycles. The molecule has 1 aromatic carbocycles. The van der Waals surface area contributed by atoms with Crippen molar-refractivity contribution in [1.82, 2.24) is 9.80 Å². The van der Waals surface area contributed by atoms with Gasteiger partial charge in [-0.05, 0) is 31.2 Å². The predicted octanol–water partition coefficient (Wildman–Crippen LogP) is 1.31. The summed E-state index contributed by atoms with van der Waals surface area (Å²) in [5.74, 6) is 0.449. The van der Waals surface area contributed by atoms with E-state index in [1.54, 1.807) is 0 Å². The Hall–Kier alpha value is -2.12. The third-order valence-electron chi connectivity index (χ3n) is 5.55. The van der Waals surface area contributed by atoms with Crippen LogP contribution in [0.2, 0.25) is 0 Å². The number of carbonyl (C=O) groups excluding carboxylic acids is 1. The highest BCUT2D eigenvalue weighted by Gasteiger charge is 2.35. The Morgan fingerprint density at radius 1 is 1.26 bits per heavy atom. The second-order valence-corrected chi connectivity index (χ2v) is 7.74. The lowest BCUT2D eigenvalue weighted by molar-refractivity contribution is -0.142. The van der Waals surface area contributed by atoms with Crippen LogP contribution in [0.25, 0.3) is 0 Å². The fourth-order valence-corrected chi connectivity index (χ4v) is 3.85. The summed E-state index contributed by atoms with van der Waals surface area (Å²) in [6.45, 7) is 4.77. The average molecular weight is 375 g/mol. The number of para-hydroxylation sites is 1. The maximum Gasteiger partial charge on any atom is 0.320 e. The lowest BCUT2D eigenvalue weighted by Crippen LogP contribution is -2.40. The van der Waals surface area contributed by atoms with E-state index >= 15 is 0 Å². The summed E-state index contributed by atoms with van der Waals surface area (Å²) in [5, 5.41) is 9.41. The second-order valence-electron chi connectivity index (χ2n) is 7.74. The van der Waals surface area contributed by atoms with Gasteiger partial charge in [-0.25, -0.2) is 0 Å². The topological polar surface area (TPSA) is 96.1 Å². The molecule has 7 heteroatoms. The monoisotopic (exact) mass is 375 g/mol. The zero-order valence-corrected chi connectivity index (χ0v) is 15.8. The molecule has 0 bridgehead atoms. The number of hydrogen-bond donors (Lipinski definition) is 2. The average Bonchev–Trinajstić information content (AvgIpc) is 3.02. The van der Waals surface area contributed by atoms with E-state index in [1.807, 2.05) is 34.1 Å². The molecule has 27 heavy (non-hydrogen) atoms. The van der Waals surface area contributed by atoms with Crippen LogP contribution in [0.5, 0.6) is 5.75 Å². The molecular weight excluding hydrogens is 346 g/mol. The van der Waals surface area contributed by atoms with Gasteiger partial charge in [0.25, 0.3) is 5.91 Å². The Morgan fingerprint density at radius 3 is 2.67 bits per heavy atom.